The maximum absolute atomic E-state index is 12.6. The van der Waals surface area contributed by atoms with E-state index < -0.39 is 9.84 Å². The number of nitrogens with zero attached hydrogens (tertiary/aromatic N) is 3. The molecule has 3 heterocycles. The number of H-pyrrole nitrogens is 1. The Morgan fingerprint density at radius 1 is 1.42 bits per heavy atom. The fraction of sp³-hybridized carbons (Fsp3) is 0.533. The van der Waals surface area contributed by atoms with Gasteiger partial charge in [0.25, 0.3) is 5.91 Å². The molecule has 2 aromatic rings. The van der Waals surface area contributed by atoms with Crippen LogP contribution < -0.4 is 5.32 Å². The van der Waals surface area contributed by atoms with E-state index in [0.29, 0.717) is 17.9 Å². The van der Waals surface area contributed by atoms with Crippen LogP contribution in [-0.4, -0.2) is 45.8 Å². The second-order valence-corrected chi connectivity index (χ2v) is 8.74. The Morgan fingerprint density at radius 2 is 2.25 bits per heavy atom. The number of aromatic amines is 1. The van der Waals surface area contributed by atoms with Crippen LogP contribution >= 0.6 is 0 Å². The first kappa shape index (κ1) is 15.4. The van der Waals surface area contributed by atoms with Crippen molar-refractivity contribution in [3.63, 3.8) is 0 Å². The lowest BCUT2D eigenvalue weighted by Crippen LogP contribution is -2.20. The summed E-state index contributed by atoms with van der Waals surface area (Å²) in [5.41, 5.74) is 3.18. The molecule has 24 heavy (non-hydrogen) atoms. The van der Waals surface area contributed by atoms with Crippen LogP contribution in [0.2, 0.25) is 0 Å². The predicted octanol–water partition coefficient (Wildman–Crippen LogP) is 1.02. The molecular formula is C15H19N5O3S. The highest BCUT2D eigenvalue weighted by Crippen LogP contribution is 2.28. The van der Waals surface area contributed by atoms with E-state index in [1.165, 1.54) is 0 Å². The lowest BCUT2D eigenvalue weighted by Gasteiger charge is -2.13. The van der Waals surface area contributed by atoms with Crippen LogP contribution in [0.1, 0.15) is 46.3 Å². The third-order valence-electron chi connectivity index (χ3n) is 4.68. The first-order valence-electron chi connectivity index (χ1n) is 8.07. The average molecular weight is 349 g/mol. The zero-order valence-electron chi connectivity index (χ0n) is 13.4. The van der Waals surface area contributed by atoms with Crippen molar-refractivity contribution < 1.29 is 13.2 Å². The SMILES string of the molecule is Cc1cc(NC(=O)c2n[nH]c3c2CCC3)n(C2CCS(=O)(=O)C2)n1. The summed E-state index contributed by atoms with van der Waals surface area (Å²) >= 11 is 0. The van der Waals surface area contributed by atoms with Gasteiger partial charge in [0.1, 0.15) is 5.82 Å². The number of carbonyl (C=O) groups is 1. The molecule has 2 aliphatic rings. The molecule has 1 amide bonds. The number of nitrogens with one attached hydrogen (secondary N) is 2. The first-order chi connectivity index (χ1) is 11.4. The summed E-state index contributed by atoms with van der Waals surface area (Å²) in [6.07, 6.45) is 3.32. The fourth-order valence-corrected chi connectivity index (χ4v) is 5.23. The molecular weight excluding hydrogens is 330 g/mol. The summed E-state index contributed by atoms with van der Waals surface area (Å²) in [5, 5.41) is 14.3. The Bertz CT molecular complexity index is 912. The quantitative estimate of drug-likeness (QED) is 0.859. The Hall–Kier alpha value is -2.16. The highest BCUT2D eigenvalue weighted by Gasteiger charge is 2.32. The summed E-state index contributed by atoms with van der Waals surface area (Å²) in [7, 11) is -3.02. The van der Waals surface area contributed by atoms with E-state index in [-0.39, 0.29) is 23.5 Å². The van der Waals surface area contributed by atoms with Gasteiger partial charge in [0.05, 0.1) is 23.2 Å². The van der Waals surface area contributed by atoms with Crippen molar-refractivity contribution >= 4 is 21.6 Å². The lowest BCUT2D eigenvalue weighted by molar-refractivity contribution is 0.102. The van der Waals surface area contributed by atoms with Crippen LogP contribution in [0.3, 0.4) is 0 Å². The number of fused-ring (bicyclic) bond motifs is 1. The predicted molar refractivity (Wildman–Crippen MR) is 87.8 cm³/mol. The third-order valence-corrected chi connectivity index (χ3v) is 6.43. The lowest BCUT2D eigenvalue weighted by atomic mass is 10.2. The van der Waals surface area contributed by atoms with Gasteiger partial charge in [-0.25, -0.2) is 13.1 Å². The minimum atomic E-state index is -3.02. The van der Waals surface area contributed by atoms with Crippen molar-refractivity contribution in [2.24, 2.45) is 0 Å². The molecule has 2 N–H and O–H groups in total. The van der Waals surface area contributed by atoms with E-state index >= 15 is 0 Å². The molecule has 1 aliphatic heterocycles. The Labute approximate surface area is 139 Å². The fourth-order valence-electron chi connectivity index (χ4n) is 3.54. The van der Waals surface area contributed by atoms with Crippen LogP contribution in [0, 0.1) is 6.92 Å². The first-order valence-corrected chi connectivity index (χ1v) is 9.89. The molecule has 0 saturated carbocycles. The summed E-state index contributed by atoms with van der Waals surface area (Å²) in [5.74, 6) is 0.469. The average Bonchev–Trinajstić information content (AvgIpc) is 3.22. The number of amides is 1. The van der Waals surface area contributed by atoms with Gasteiger partial charge in [-0.2, -0.15) is 10.2 Å². The van der Waals surface area contributed by atoms with E-state index in [4.69, 9.17) is 0 Å². The van der Waals surface area contributed by atoms with E-state index in [9.17, 15) is 13.2 Å². The van der Waals surface area contributed by atoms with Crippen LogP contribution in [-0.2, 0) is 22.7 Å². The Balaban J connectivity index is 1.60. The number of hydrogen-bond donors (Lipinski definition) is 2. The van der Waals surface area contributed by atoms with E-state index in [0.717, 1.165) is 36.2 Å². The number of rotatable bonds is 3. The van der Waals surface area contributed by atoms with Gasteiger partial charge >= 0.3 is 0 Å². The molecule has 8 nitrogen and oxygen atoms in total. The van der Waals surface area contributed by atoms with Gasteiger partial charge in [-0.15, -0.1) is 0 Å². The van der Waals surface area contributed by atoms with Crippen LogP contribution in [0.15, 0.2) is 6.07 Å². The minimum absolute atomic E-state index is 0.0643. The van der Waals surface area contributed by atoms with Crippen molar-refractivity contribution in [3.05, 3.63) is 28.7 Å². The van der Waals surface area contributed by atoms with Crippen LogP contribution in [0.4, 0.5) is 5.82 Å². The molecule has 1 fully saturated rings. The number of carbonyl (C=O) groups excluding carboxylic acids is 1. The number of aromatic nitrogens is 4. The topological polar surface area (TPSA) is 110 Å². The van der Waals surface area contributed by atoms with Gasteiger partial charge < -0.3 is 5.32 Å². The standard InChI is InChI=1S/C15H19N5O3S/c1-9-7-13(20(19-9)10-5-6-24(22,23)8-10)16-15(21)14-11-3-2-4-12(11)17-18-14/h7,10H,2-6,8H2,1H3,(H,16,21)(H,17,18). The molecule has 1 aliphatic carbocycles. The molecule has 0 spiro atoms. The maximum atomic E-state index is 12.6. The van der Waals surface area contributed by atoms with Crippen molar-refractivity contribution in [2.75, 3.05) is 16.8 Å². The van der Waals surface area contributed by atoms with Gasteiger partial charge in [-0.1, -0.05) is 0 Å². The smallest absolute Gasteiger partial charge is 0.277 e. The zero-order chi connectivity index (χ0) is 16.9. The molecule has 2 aromatic heterocycles. The van der Waals surface area contributed by atoms with Gasteiger partial charge in [0.2, 0.25) is 0 Å². The molecule has 4 rings (SSSR count). The second kappa shape index (κ2) is 5.44. The van der Waals surface area contributed by atoms with Crippen molar-refractivity contribution in [2.45, 2.75) is 38.6 Å². The third kappa shape index (κ3) is 2.62. The van der Waals surface area contributed by atoms with Gasteiger partial charge in [0.15, 0.2) is 15.5 Å². The van der Waals surface area contributed by atoms with Crippen LogP contribution in [0.25, 0.3) is 0 Å². The molecule has 9 heteroatoms. The molecule has 1 unspecified atom stereocenters. The minimum Gasteiger partial charge on any atom is -0.305 e. The number of anilines is 1. The summed E-state index contributed by atoms with van der Waals surface area (Å²) in [4.78, 5) is 12.6. The second-order valence-electron chi connectivity index (χ2n) is 6.51. The highest BCUT2D eigenvalue weighted by atomic mass is 32.2. The monoisotopic (exact) mass is 349 g/mol. The van der Waals surface area contributed by atoms with Gasteiger partial charge in [-0.3, -0.25) is 9.89 Å². The maximum Gasteiger partial charge on any atom is 0.277 e. The Morgan fingerprint density at radius 3 is 3.00 bits per heavy atom. The van der Waals surface area contributed by atoms with Gasteiger partial charge in [0, 0.05) is 17.3 Å². The number of hydrogen-bond acceptors (Lipinski definition) is 5. The van der Waals surface area contributed by atoms with Crippen molar-refractivity contribution in [1.29, 1.82) is 0 Å². The largest absolute Gasteiger partial charge is 0.305 e. The summed E-state index contributed by atoms with van der Waals surface area (Å²) in [6, 6.07) is 1.53. The molecule has 1 atom stereocenters. The van der Waals surface area contributed by atoms with E-state index in [2.05, 4.69) is 20.6 Å². The van der Waals surface area contributed by atoms with E-state index in [1.54, 1.807) is 10.7 Å². The summed E-state index contributed by atoms with van der Waals surface area (Å²) in [6.45, 7) is 1.82. The molecule has 0 radical (unpaired) electrons. The normalized spacial score (nSPS) is 21.8. The molecule has 0 bridgehead atoms. The molecule has 1 saturated heterocycles. The number of aryl methyl sites for hydroxylation is 2. The number of sulfone groups is 1. The highest BCUT2D eigenvalue weighted by molar-refractivity contribution is 7.91. The molecule has 128 valence electrons. The van der Waals surface area contributed by atoms with E-state index in [1.807, 2.05) is 6.92 Å². The molecule has 0 aromatic carbocycles. The zero-order valence-corrected chi connectivity index (χ0v) is 14.2. The van der Waals surface area contributed by atoms with Crippen LogP contribution in [0.5, 0.6) is 0 Å². The van der Waals surface area contributed by atoms with Gasteiger partial charge in [-0.05, 0) is 32.6 Å². The van der Waals surface area contributed by atoms with Crippen molar-refractivity contribution in [1.82, 2.24) is 20.0 Å². The van der Waals surface area contributed by atoms with Crippen molar-refractivity contribution in [3.8, 4) is 0 Å². The Kier molecular flexibility index (Phi) is 3.48. The summed E-state index contributed by atoms with van der Waals surface area (Å²) < 4.78 is 25.1.